The Morgan fingerprint density at radius 3 is 2.36 bits per heavy atom. The van der Waals surface area contributed by atoms with Gasteiger partial charge in [0.1, 0.15) is 23.3 Å². The molecule has 0 radical (unpaired) electrons. The van der Waals surface area contributed by atoms with E-state index in [4.69, 9.17) is 0 Å². The Balaban J connectivity index is 1.70. The molecule has 28 heavy (non-hydrogen) atoms. The van der Waals surface area contributed by atoms with E-state index in [2.05, 4.69) is 58.3 Å². The Morgan fingerprint density at radius 1 is 0.964 bits per heavy atom. The number of halogens is 1. The van der Waals surface area contributed by atoms with Crippen molar-refractivity contribution in [3.05, 3.63) is 83.4 Å². The maximum Gasteiger partial charge on any atom is 0.134 e. The molecular formula is C23H27FN4. The lowest BCUT2D eigenvalue weighted by Gasteiger charge is -2.28. The summed E-state index contributed by atoms with van der Waals surface area (Å²) in [5.41, 5.74) is 2.34. The second-order valence-electron chi connectivity index (χ2n) is 7.17. The Bertz CT molecular complexity index is 879. The number of hydrogen-bond acceptors (Lipinski definition) is 4. The molecule has 0 aliphatic heterocycles. The molecular weight excluding hydrogens is 351 g/mol. The minimum atomic E-state index is -0.208. The normalized spacial score (nSPS) is 10.9. The van der Waals surface area contributed by atoms with E-state index in [1.807, 2.05) is 31.2 Å². The van der Waals surface area contributed by atoms with E-state index in [1.165, 1.54) is 17.7 Å². The summed E-state index contributed by atoms with van der Waals surface area (Å²) in [4.78, 5) is 11.5. The quantitative estimate of drug-likeness (QED) is 0.599. The van der Waals surface area contributed by atoms with Crippen LogP contribution in [0.25, 0.3) is 0 Å². The Morgan fingerprint density at radius 2 is 1.68 bits per heavy atom. The van der Waals surface area contributed by atoms with Crippen LogP contribution < -0.4 is 10.2 Å². The van der Waals surface area contributed by atoms with Crippen molar-refractivity contribution in [3.63, 3.8) is 0 Å². The van der Waals surface area contributed by atoms with Crippen LogP contribution in [0.4, 0.5) is 16.0 Å². The predicted octanol–water partition coefficient (Wildman–Crippen LogP) is 4.99. The van der Waals surface area contributed by atoms with Crippen LogP contribution in [0.5, 0.6) is 0 Å². The fourth-order valence-corrected chi connectivity index (χ4v) is 3.08. The van der Waals surface area contributed by atoms with Gasteiger partial charge in [-0.3, -0.25) is 0 Å². The highest BCUT2D eigenvalue weighted by molar-refractivity contribution is 5.50. The molecule has 1 heterocycles. The summed E-state index contributed by atoms with van der Waals surface area (Å²) < 4.78 is 13.0. The molecule has 146 valence electrons. The SMILES string of the molecule is Cc1nc(NCCc2ccc(F)cc2)cc(N(Cc2ccccc2)C(C)C)n1. The van der Waals surface area contributed by atoms with E-state index >= 15 is 0 Å². The van der Waals surface area contributed by atoms with Gasteiger partial charge in [-0.25, -0.2) is 14.4 Å². The number of benzene rings is 2. The van der Waals surface area contributed by atoms with Crippen molar-refractivity contribution in [2.75, 3.05) is 16.8 Å². The van der Waals surface area contributed by atoms with Gasteiger partial charge in [0.15, 0.2) is 0 Å². The molecule has 0 bridgehead atoms. The van der Waals surface area contributed by atoms with E-state index in [9.17, 15) is 4.39 Å². The van der Waals surface area contributed by atoms with Crippen LogP contribution in [0.3, 0.4) is 0 Å². The topological polar surface area (TPSA) is 41.1 Å². The molecule has 1 aromatic heterocycles. The van der Waals surface area contributed by atoms with Gasteiger partial charge >= 0.3 is 0 Å². The number of hydrogen-bond donors (Lipinski definition) is 1. The maximum atomic E-state index is 13.0. The summed E-state index contributed by atoms with van der Waals surface area (Å²) in [6.45, 7) is 7.77. The van der Waals surface area contributed by atoms with E-state index in [1.54, 1.807) is 0 Å². The number of aryl methyl sites for hydroxylation is 1. The maximum absolute atomic E-state index is 13.0. The van der Waals surface area contributed by atoms with E-state index in [0.29, 0.717) is 6.04 Å². The minimum absolute atomic E-state index is 0.208. The molecule has 4 nitrogen and oxygen atoms in total. The molecule has 0 saturated carbocycles. The van der Waals surface area contributed by atoms with Gasteiger partial charge in [-0.2, -0.15) is 0 Å². The molecule has 0 aliphatic carbocycles. The molecule has 3 rings (SSSR count). The summed E-state index contributed by atoms with van der Waals surface area (Å²) in [5.74, 6) is 2.25. The first-order valence-corrected chi connectivity index (χ1v) is 9.66. The number of nitrogens with zero attached hydrogens (tertiary/aromatic N) is 3. The molecule has 0 spiro atoms. The summed E-state index contributed by atoms with van der Waals surface area (Å²) in [7, 11) is 0. The van der Waals surface area contributed by atoms with Gasteiger partial charge in [-0.1, -0.05) is 42.5 Å². The average molecular weight is 378 g/mol. The smallest absolute Gasteiger partial charge is 0.134 e. The number of anilines is 2. The van der Waals surface area contributed by atoms with Gasteiger partial charge in [0.05, 0.1) is 0 Å². The summed E-state index contributed by atoms with van der Waals surface area (Å²) in [5, 5.41) is 3.38. The molecule has 0 atom stereocenters. The number of aromatic nitrogens is 2. The fraction of sp³-hybridized carbons (Fsp3) is 0.304. The number of nitrogens with one attached hydrogen (secondary N) is 1. The Kier molecular flexibility index (Phi) is 6.58. The first-order valence-electron chi connectivity index (χ1n) is 9.66. The molecule has 2 aromatic carbocycles. The van der Waals surface area contributed by atoms with Gasteiger partial charge in [0.2, 0.25) is 0 Å². The van der Waals surface area contributed by atoms with Crippen molar-refractivity contribution in [2.45, 2.75) is 39.8 Å². The van der Waals surface area contributed by atoms with Crippen LogP contribution in [0.2, 0.25) is 0 Å². The van der Waals surface area contributed by atoms with E-state index < -0.39 is 0 Å². The van der Waals surface area contributed by atoms with Crippen LogP contribution >= 0.6 is 0 Å². The Hall–Kier alpha value is -2.95. The van der Waals surface area contributed by atoms with Gasteiger partial charge in [0, 0.05) is 25.2 Å². The van der Waals surface area contributed by atoms with Crippen molar-refractivity contribution in [1.29, 1.82) is 0 Å². The summed E-state index contributed by atoms with van der Waals surface area (Å²) >= 11 is 0. The van der Waals surface area contributed by atoms with Crippen molar-refractivity contribution >= 4 is 11.6 Å². The average Bonchev–Trinajstić information content (AvgIpc) is 2.68. The van der Waals surface area contributed by atoms with Gasteiger partial charge in [-0.05, 0) is 50.5 Å². The first-order chi connectivity index (χ1) is 13.5. The predicted molar refractivity (Wildman–Crippen MR) is 113 cm³/mol. The van der Waals surface area contributed by atoms with Crippen molar-refractivity contribution in [1.82, 2.24) is 9.97 Å². The summed E-state index contributed by atoms with van der Waals surface area (Å²) in [6, 6.07) is 19.3. The molecule has 0 aliphatic rings. The fourth-order valence-electron chi connectivity index (χ4n) is 3.08. The molecule has 1 N–H and O–H groups in total. The highest BCUT2D eigenvalue weighted by Gasteiger charge is 2.14. The van der Waals surface area contributed by atoms with Crippen LogP contribution in [-0.4, -0.2) is 22.6 Å². The van der Waals surface area contributed by atoms with Crippen molar-refractivity contribution in [2.24, 2.45) is 0 Å². The third kappa shape index (κ3) is 5.52. The molecule has 0 fully saturated rings. The van der Waals surface area contributed by atoms with Gasteiger partial charge in [0.25, 0.3) is 0 Å². The van der Waals surface area contributed by atoms with E-state index in [-0.39, 0.29) is 5.82 Å². The van der Waals surface area contributed by atoms with Crippen LogP contribution in [0.1, 0.15) is 30.8 Å². The third-order valence-electron chi connectivity index (χ3n) is 4.57. The lowest BCUT2D eigenvalue weighted by molar-refractivity contribution is 0.627. The second-order valence-corrected chi connectivity index (χ2v) is 7.17. The molecule has 0 amide bonds. The zero-order valence-electron chi connectivity index (χ0n) is 16.7. The third-order valence-corrected chi connectivity index (χ3v) is 4.57. The molecule has 5 heteroatoms. The highest BCUT2D eigenvalue weighted by Crippen LogP contribution is 2.21. The molecule has 0 saturated heterocycles. The Labute approximate surface area is 166 Å². The first kappa shape index (κ1) is 19.8. The zero-order chi connectivity index (χ0) is 19.9. The zero-order valence-corrected chi connectivity index (χ0v) is 16.7. The van der Waals surface area contributed by atoms with Gasteiger partial charge in [-0.15, -0.1) is 0 Å². The second kappa shape index (κ2) is 9.31. The lowest BCUT2D eigenvalue weighted by atomic mass is 10.1. The lowest BCUT2D eigenvalue weighted by Crippen LogP contribution is -2.31. The summed E-state index contributed by atoms with van der Waals surface area (Å²) in [6.07, 6.45) is 0.802. The number of rotatable bonds is 8. The van der Waals surface area contributed by atoms with Crippen LogP contribution in [0, 0.1) is 12.7 Å². The minimum Gasteiger partial charge on any atom is -0.370 e. The van der Waals surface area contributed by atoms with Gasteiger partial charge < -0.3 is 10.2 Å². The van der Waals surface area contributed by atoms with Crippen molar-refractivity contribution in [3.8, 4) is 0 Å². The van der Waals surface area contributed by atoms with Crippen LogP contribution in [-0.2, 0) is 13.0 Å². The van der Waals surface area contributed by atoms with Crippen molar-refractivity contribution < 1.29 is 4.39 Å². The van der Waals surface area contributed by atoms with E-state index in [0.717, 1.165) is 42.5 Å². The van der Waals surface area contributed by atoms with Crippen LogP contribution in [0.15, 0.2) is 60.7 Å². The highest BCUT2D eigenvalue weighted by atomic mass is 19.1. The monoisotopic (exact) mass is 378 g/mol. The molecule has 3 aromatic rings. The molecule has 0 unspecified atom stereocenters. The largest absolute Gasteiger partial charge is 0.370 e. The standard InChI is InChI=1S/C23H27FN4/c1-17(2)28(16-20-7-5-4-6-8-20)23-15-22(26-18(3)27-23)25-14-13-19-9-11-21(24)12-10-19/h4-12,15,17H,13-14,16H2,1-3H3,(H,25,26,27).